The van der Waals surface area contributed by atoms with E-state index in [1.165, 1.54) is 25.9 Å². The monoisotopic (exact) mass is 195 g/mol. The molecule has 1 N–H and O–H groups in total. The third kappa shape index (κ3) is 2.33. The number of hydrogen-bond donors (Lipinski definition) is 1. The van der Waals surface area contributed by atoms with E-state index in [1.807, 2.05) is 13.1 Å². The van der Waals surface area contributed by atoms with Gasteiger partial charge in [0.05, 0.1) is 12.2 Å². The SMILES string of the molecule is CNCc1cc(CN2CCCC2)on1. The largest absolute Gasteiger partial charge is 0.360 e. The third-order valence-corrected chi connectivity index (χ3v) is 2.54. The molecule has 0 unspecified atom stereocenters. The van der Waals surface area contributed by atoms with Crippen LogP contribution in [0.5, 0.6) is 0 Å². The summed E-state index contributed by atoms with van der Waals surface area (Å²) < 4.78 is 5.25. The fourth-order valence-corrected chi connectivity index (χ4v) is 1.86. The molecule has 0 aliphatic carbocycles. The smallest absolute Gasteiger partial charge is 0.151 e. The summed E-state index contributed by atoms with van der Waals surface area (Å²) in [5, 5.41) is 7.04. The standard InChI is InChI=1S/C10H17N3O/c1-11-7-9-6-10(14-12-9)8-13-4-2-3-5-13/h6,11H,2-5,7-8H2,1H3. The van der Waals surface area contributed by atoms with Crippen molar-refractivity contribution in [1.29, 1.82) is 0 Å². The van der Waals surface area contributed by atoms with Gasteiger partial charge in [-0.1, -0.05) is 5.16 Å². The summed E-state index contributed by atoms with van der Waals surface area (Å²) in [4.78, 5) is 2.41. The minimum absolute atomic E-state index is 0.781. The average Bonchev–Trinajstić information content (AvgIpc) is 2.79. The van der Waals surface area contributed by atoms with Gasteiger partial charge in [-0.2, -0.15) is 0 Å². The van der Waals surface area contributed by atoms with E-state index in [4.69, 9.17) is 4.52 Å². The van der Waals surface area contributed by atoms with Crippen LogP contribution in [0.3, 0.4) is 0 Å². The first kappa shape index (κ1) is 9.68. The van der Waals surface area contributed by atoms with Gasteiger partial charge in [0.1, 0.15) is 0 Å². The van der Waals surface area contributed by atoms with E-state index in [0.717, 1.165) is 24.5 Å². The van der Waals surface area contributed by atoms with Crippen molar-refractivity contribution < 1.29 is 4.52 Å². The number of likely N-dealkylation sites (tertiary alicyclic amines) is 1. The molecule has 2 heterocycles. The highest BCUT2D eigenvalue weighted by Gasteiger charge is 2.14. The van der Waals surface area contributed by atoms with Crippen molar-refractivity contribution in [2.45, 2.75) is 25.9 Å². The summed E-state index contributed by atoms with van der Waals surface area (Å²) in [6, 6.07) is 2.04. The summed E-state index contributed by atoms with van der Waals surface area (Å²) in [7, 11) is 1.91. The maximum Gasteiger partial charge on any atom is 0.151 e. The van der Waals surface area contributed by atoms with E-state index >= 15 is 0 Å². The van der Waals surface area contributed by atoms with Crippen LogP contribution in [-0.2, 0) is 13.1 Å². The Morgan fingerprint density at radius 1 is 1.50 bits per heavy atom. The summed E-state index contributed by atoms with van der Waals surface area (Å²) in [6.45, 7) is 4.09. The van der Waals surface area contributed by atoms with E-state index in [9.17, 15) is 0 Å². The first-order valence-electron chi connectivity index (χ1n) is 5.20. The Bertz CT molecular complexity index is 279. The van der Waals surface area contributed by atoms with Gasteiger partial charge in [-0.3, -0.25) is 4.90 Å². The van der Waals surface area contributed by atoms with Gasteiger partial charge in [-0.15, -0.1) is 0 Å². The van der Waals surface area contributed by atoms with Gasteiger partial charge < -0.3 is 9.84 Å². The Morgan fingerprint density at radius 3 is 3.00 bits per heavy atom. The van der Waals surface area contributed by atoms with Gasteiger partial charge in [-0.25, -0.2) is 0 Å². The zero-order valence-corrected chi connectivity index (χ0v) is 8.62. The second-order valence-electron chi connectivity index (χ2n) is 3.80. The van der Waals surface area contributed by atoms with Crippen LogP contribution in [0.2, 0.25) is 0 Å². The minimum Gasteiger partial charge on any atom is -0.360 e. The lowest BCUT2D eigenvalue weighted by Gasteiger charge is -2.10. The summed E-state index contributed by atoms with van der Waals surface area (Å²) in [6.07, 6.45) is 2.63. The summed E-state index contributed by atoms with van der Waals surface area (Å²) in [5.74, 6) is 0.983. The van der Waals surface area contributed by atoms with E-state index in [-0.39, 0.29) is 0 Å². The molecular formula is C10H17N3O. The second kappa shape index (κ2) is 4.57. The third-order valence-electron chi connectivity index (χ3n) is 2.54. The minimum atomic E-state index is 0.781. The fraction of sp³-hybridized carbons (Fsp3) is 0.700. The predicted molar refractivity (Wildman–Crippen MR) is 53.8 cm³/mol. The number of nitrogens with zero attached hydrogens (tertiary/aromatic N) is 2. The van der Waals surface area contributed by atoms with Gasteiger partial charge >= 0.3 is 0 Å². The molecule has 1 aromatic rings. The Balaban J connectivity index is 1.88. The summed E-state index contributed by atoms with van der Waals surface area (Å²) in [5.41, 5.74) is 0.988. The summed E-state index contributed by atoms with van der Waals surface area (Å²) >= 11 is 0. The molecule has 0 spiro atoms. The van der Waals surface area contributed by atoms with Gasteiger partial charge in [0, 0.05) is 12.6 Å². The zero-order valence-electron chi connectivity index (χ0n) is 8.62. The Morgan fingerprint density at radius 2 is 2.29 bits per heavy atom. The highest BCUT2D eigenvalue weighted by Crippen LogP contribution is 2.13. The van der Waals surface area contributed by atoms with Crippen LogP contribution in [0.15, 0.2) is 10.6 Å². The molecule has 0 bridgehead atoms. The molecule has 0 atom stereocenters. The van der Waals surface area contributed by atoms with Crippen LogP contribution in [-0.4, -0.2) is 30.2 Å². The maximum atomic E-state index is 5.25. The Hall–Kier alpha value is -0.870. The van der Waals surface area contributed by atoms with Crippen molar-refractivity contribution >= 4 is 0 Å². The highest BCUT2D eigenvalue weighted by atomic mass is 16.5. The molecule has 78 valence electrons. The molecule has 0 aromatic carbocycles. The number of aromatic nitrogens is 1. The predicted octanol–water partition coefficient (Wildman–Crippen LogP) is 0.990. The number of nitrogens with one attached hydrogen (secondary N) is 1. The average molecular weight is 195 g/mol. The van der Waals surface area contributed by atoms with Gasteiger partial charge in [0.25, 0.3) is 0 Å². The molecule has 1 aromatic heterocycles. The normalized spacial score (nSPS) is 17.8. The molecular weight excluding hydrogens is 178 g/mol. The quantitative estimate of drug-likeness (QED) is 0.778. The molecule has 0 amide bonds. The molecule has 1 aliphatic rings. The first-order chi connectivity index (χ1) is 6.88. The van der Waals surface area contributed by atoms with Crippen molar-refractivity contribution in [2.24, 2.45) is 0 Å². The maximum absolute atomic E-state index is 5.25. The van der Waals surface area contributed by atoms with Crippen molar-refractivity contribution in [3.05, 3.63) is 17.5 Å². The molecule has 14 heavy (non-hydrogen) atoms. The van der Waals surface area contributed by atoms with Crippen molar-refractivity contribution in [3.63, 3.8) is 0 Å². The zero-order chi connectivity index (χ0) is 9.80. The molecule has 4 nitrogen and oxygen atoms in total. The van der Waals surface area contributed by atoms with Crippen LogP contribution < -0.4 is 5.32 Å². The number of hydrogen-bond acceptors (Lipinski definition) is 4. The lowest BCUT2D eigenvalue weighted by molar-refractivity contribution is 0.273. The van der Waals surface area contributed by atoms with Crippen LogP contribution in [0, 0.1) is 0 Å². The van der Waals surface area contributed by atoms with Crippen LogP contribution in [0.25, 0.3) is 0 Å². The topological polar surface area (TPSA) is 41.3 Å². The lowest BCUT2D eigenvalue weighted by Crippen LogP contribution is -2.17. The van der Waals surface area contributed by atoms with Crippen LogP contribution >= 0.6 is 0 Å². The Kier molecular flexibility index (Phi) is 3.16. The fourth-order valence-electron chi connectivity index (χ4n) is 1.86. The molecule has 2 rings (SSSR count). The molecule has 0 saturated carbocycles. The molecule has 0 radical (unpaired) electrons. The molecule has 1 aliphatic heterocycles. The van der Waals surface area contributed by atoms with Crippen LogP contribution in [0.4, 0.5) is 0 Å². The van der Waals surface area contributed by atoms with Crippen LogP contribution in [0.1, 0.15) is 24.3 Å². The van der Waals surface area contributed by atoms with Crippen molar-refractivity contribution in [3.8, 4) is 0 Å². The van der Waals surface area contributed by atoms with E-state index < -0.39 is 0 Å². The first-order valence-corrected chi connectivity index (χ1v) is 5.20. The Labute approximate surface area is 84.3 Å². The van der Waals surface area contributed by atoms with E-state index in [2.05, 4.69) is 15.4 Å². The lowest BCUT2D eigenvalue weighted by atomic mass is 10.3. The van der Waals surface area contributed by atoms with Crippen molar-refractivity contribution in [1.82, 2.24) is 15.4 Å². The molecule has 1 fully saturated rings. The second-order valence-corrected chi connectivity index (χ2v) is 3.80. The van der Waals surface area contributed by atoms with E-state index in [0.29, 0.717) is 0 Å². The highest BCUT2D eigenvalue weighted by molar-refractivity contribution is 5.05. The molecule has 1 saturated heterocycles. The van der Waals surface area contributed by atoms with Crippen molar-refractivity contribution in [2.75, 3.05) is 20.1 Å². The van der Waals surface area contributed by atoms with Gasteiger partial charge in [0.15, 0.2) is 5.76 Å². The van der Waals surface area contributed by atoms with E-state index in [1.54, 1.807) is 0 Å². The van der Waals surface area contributed by atoms with Gasteiger partial charge in [0.2, 0.25) is 0 Å². The number of rotatable bonds is 4. The molecule has 4 heteroatoms. The van der Waals surface area contributed by atoms with Gasteiger partial charge in [-0.05, 0) is 33.0 Å².